The molecule has 21 heavy (non-hydrogen) atoms. The van der Waals surface area contributed by atoms with Crippen molar-refractivity contribution in [3.63, 3.8) is 0 Å². The maximum atomic E-state index is 12.9. The molecule has 0 aliphatic rings. The lowest BCUT2D eigenvalue weighted by Gasteiger charge is -2.20. The number of amides is 1. The molecule has 116 valence electrons. The van der Waals surface area contributed by atoms with E-state index in [9.17, 15) is 9.18 Å². The van der Waals surface area contributed by atoms with Crippen molar-refractivity contribution in [1.29, 1.82) is 0 Å². The Morgan fingerprint density at radius 1 is 1.33 bits per heavy atom. The second kappa shape index (κ2) is 8.08. The lowest BCUT2D eigenvalue weighted by atomic mass is 10.1. The zero-order valence-corrected chi connectivity index (χ0v) is 13.7. The molecule has 3 nitrogen and oxygen atoms in total. The van der Waals surface area contributed by atoms with Gasteiger partial charge in [-0.25, -0.2) is 9.18 Å². The van der Waals surface area contributed by atoms with E-state index in [4.69, 9.17) is 4.74 Å². The molecule has 0 radical (unpaired) electrons. The number of hydrogen-bond acceptors (Lipinski definition) is 3. The van der Waals surface area contributed by atoms with E-state index in [0.717, 1.165) is 10.5 Å². The summed E-state index contributed by atoms with van der Waals surface area (Å²) in [4.78, 5) is 12.7. The van der Waals surface area contributed by atoms with Gasteiger partial charge in [0.05, 0.1) is 6.33 Å². The average molecular weight is 311 g/mol. The summed E-state index contributed by atoms with van der Waals surface area (Å²) < 4.78 is 18.0. The first kappa shape index (κ1) is 17.6. The van der Waals surface area contributed by atoms with Crippen LogP contribution < -0.4 is 5.32 Å². The lowest BCUT2D eigenvalue weighted by molar-refractivity contribution is 0.0532. The third-order valence-electron chi connectivity index (χ3n) is 2.60. The maximum absolute atomic E-state index is 12.9. The minimum absolute atomic E-state index is 0.135. The van der Waals surface area contributed by atoms with E-state index in [0.29, 0.717) is 18.3 Å². The Hall–Kier alpha value is -1.49. The molecule has 0 fully saturated rings. The zero-order valence-electron chi connectivity index (χ0n) is 12.9. The molecule has 1 N–H and O–H groups in total. The highest BCUT2D eigenvalue weighted by Crippen LogP contribution is 2.16. The molecule has 1 aromatic carbocycles. The van der Waals surface area contributed by atoms with Crippen LogP contribution in [-0.4, -0.2) is 24.5 Å². The van der Waals surface area contributed by atoms with Gasteiger partial charge in [0, 0.05) is 11.4 Å². The molecule has 0 unspecified atom stereocenters. The Balaban J connectivity index is 2.50. The fourth-order valence-corrected chi connectivity index (χ4v) is 2.05. The molecule has 1 amide bonds. The topological polar surface area (TPSA) is 38.3 Å². The van der Waals surface area contributed by atoms with Gasteiger partial charge in [-0.05, 0) is 56.7 Å². The molecule has 0 heterocycles. The van der Waals surface area contributed by atoms with Gasteiger partial charge in [-0.2, -0.15) is 0 Å². The summed E-state index contributed by atoms with van der Waals surface area (Å²) in [6, 6.07) is 7.92. The summed E-state index contributed by atoms with van der Waals surface area (Å²) >= 11 is 1.66. The van der Waals surface area contributed by atoms with Crippen LogP contribution in [0.5, 0.6) is 0 Å². The van der Waals surface area contributed by atoms with E-state index in [1.807, 2.05) is 30.5 Å². The first-order valence-electron chi connectivity index (χ1n) is 6.72. The van der Waals surface area contributed by atoms with Crippen molar-refractivity contribution < 1.29 is 13.9 Å². The summed E-state index contributed by atoms with van der Waals surface area (Å²) in [5.41, 5.74) is 0.942. The van der Waals surface area contributed by atoms with E-state index in [1.165, 1.54) is 0 Å². The van der Waals surface area contributed by atoms with E-state index in [1.54, 1.807) is 32.5 Å². The van der Waals surface area contributed by atoms with Crippen LogP contribution in [0.4, 0.5) is 9.18 Å². The van der Waals surface area contributed by atoms with Gasteiger partial charge in [-0.3, -0.25) is 0 Å². The second-order valence-electron chi connectivity index (χ2n) is 5.65. The van der Waals surface area contributed by atoms with Crippen molar-refractivity contribution in [1.82, 2.24) is 5.32 Å². The van der Waals surface area contributed by atoms with Crippen molar-refractivity contribution in [2.75, 3.05) is 12.8 Å². The minimum Gasteiger partial charge on any atom is -0.444 e. The maximum Gasteiger partial charge on any atom is 0.407 e. The largest absolute Gasteiger partial charge is 0.444 e. The number of benzene rings is 1. The van der Waals surface area contributed by atoms with Crippen LogP contribution in [0.2, 0.25) is 0 Å². The molecular weight excluding hydrogens is 289 g/mol. The molecule has 0 aliphatic heterocycles. The van der Waals surface area contributed by atoms with Gasteiger partial charge in [-0.1, -0.05) is 12.1 Å². The summed E-state index contributed by atoms with van der Waals surface area (Å²) in [5, 5.41) is 2.56. The van der Waals surface area contributed by atoms with Gasteiger partial charge in [0.15, 0.2) is 0 Å². The average Bonchev–Trinajstić information content (AvgIpc) is 2.42. The number of hydrogen-bond donors (Lipinski definition) is 1. The van der Waals surface area contributed by atoms with E-state index >= 15 is 0 Å². The molecule has 1 rings (SSSR count). The predicted octanol–water partition coefficient (Wildman–Crippen LogP) is 4.33. The van der Waals surface area contributed by atoms with Crippen molar-refractivity contribution in [2.45, 2.75) is 37.7 Å². The number of ether oxygens (including phenoxy) is 1. The molecular formula is C16H22FNO2S. The Morgan fingerprint density at radius 2 is 1.95 bits per heavy atom. The molecule has 0 aromatic heterocycles. The molecule has 0 atom stereocenters. The fraction of sp³-hybridized carbons (Fsp3) is 0.438. The van der Waals surface area contributed by atoms with E-state index in [2.05, 4.69) is 5.32 Å². The highest BCUT2D eigenvalue weighted by molar-refractivity contribution is 7.98. The number of alkyl carbamates (subject to hydrolysis) is 1. The molecule has 0 saturated heterocycles. The second-order valence-corrected chi connectivity index (χ2v) is 6.53. The van der Waals surface area contributed by atoms with Gasteiger partial charge >= 0.3 is 6.09 Å². The SMILES string of the molecule is CSc1ccc(C/C(=C/F)CNC(=O)OC(C)(C)C)cc1. The third-order valence-corrected chi connectivity index (χ3v) is 3.35. The predicted molar refractivity (Wildman–Crippen MR) is 85.4 cm³/mol. The van der Waals surface area contributed by atoms with Crippen LogP contribution in [0.15, 0.2) is 41.1 Å². The monoisotopic (exact) mass is 311 g/mol. The van der Waals surface area contributed by atoms with E-state index in [-0.39, 0.29) is 6.54 Å². The van der Waals surface area contributed by atoms with Crippen molar-refractivity contribution in [2.24, 2.45) is 0 Å². The Morgan fingerprint density at radius 3 is 2.43 bits per heavy atom. The fourth-order valence-electron chi connectivity index (χ4n) is 1.65. The quantitative estimate of drug-likeness (QED) is 0.823. The van der Waals surface area contributed by atoms with Gasteiger partial charge in [0.25, 0.3) is 0 Å². The normalized spacial score (nSPS) is 12.1. The third kappa shape index (κ3) is 7.18. The van der Waals surface area contributed by atoms with E-state index < -0.39 is 11.7 Å². The molecule has 5 heteroatoms. The molecule has 0 spiro atoms. The van der Waals surface area contributed by atoms with Gasteiger partial charge < -0.3 is 10.1 Å². The number of nitrogens with one attached hydrogen (secondary N) is 1. The standard InChI is InChI=1S/C16H22FNO2S/c1-16(2,3)20-15(19)18-11-13(10-17)9-12-5-7-14(21-4)8-6-12/h5-8,10H,9,11H2,1-4H3,(H,18,19)/b13-10-. The van der Waals surface area contributed by atoms with Gasteiger partial charge in [0.1, 0.15) is 5.60 Å². The summed E-state index contributed by atoms with van der Waals surface area (Å²) in [5.74, 6) is 0. The Kier molecular flexibility index (Phi) is 6.75. The van der Waals surface area contributed by atoms with Crippen LogP contribution in [0.1, 0.15) is 26.3 Å². The van der Waals surface area contributed by atoms with Crippen molar-refractivity contribution >= 4 is 17.9 Å². The van der Waals surface area contributed by atoms with Crippen LogP contribution in [0.3, 0.4) is 0 Å². The molecule has 0 saturated carbocycles. The lowest BCUT2D eigenvalue weighted by Crippen LogP contribution is -2.33. The van der Waals surface area contributed by atoms with Crippen LogP contribution in [0, 0.1) is 0 Å². The van der Waals surface area contributed by atoms with Crippen LogP contribution in [0.25, 0.3) is 0 Å². The van der Waals surface area contributed by atoms with Crippen LogP contribution in [-0.2, 0) is 11.2 Å². The zero-order chi connectivity index (χ0) is 15.9. The number of carbonyl (C=O) groups excluding carboxylic acids is 1. The first-order chi connectivity index (χ1) is 9.84. The van der Waals surface area contributed by atoms with Crippen LogP contribution >= 0.6 is 11.8 Å². The van der Waals surface area contributed by atoms with Crippen molar-refractivity contribution in [3.8, 4) is 0 Å². The highest BCUT2D eigenvalue weighted by atomic mass is 32.2. The number of carbonyl (C=O) groups is 1. The summed E-state index contributed by atoms with van der Waals surface area (Å²) in [7, 11) is 0. The van der Waals surface area contributed by atoms with Crippen molar-refractivity contribution in [3.05, 3.63) is 41.7 Å². The number of rotatable bonds is 5. The molecule has 0 aliphatic carbocycles. The number of halogens is 1. The number of thioether (sulfide) groups is 1. The van der Waals surface area contributed by atoms with Gasteiger partial charge in [-0.15, -0.1) is 11.8 Å². The minimum atomic E-state index is -0.558. The first-order valence-corrected chi connectivity index (χ1v) is 7.94. The molecule has 0 bridgehead atoms. The Bertz CT molecular complexity index is 492. The smallest absolute Gasteiger partial charge is 0.407 e. The summed E-state index contributed by atoms with van der Waals surface area (Å²) in [6.45, 7) is 5.49. The Labute approximate surface area is 130 Å². The van der Waals surface area contributed by atoms with Gasteiger partial charge in [0.2, 0.25) is 0 Å². The molecule has 1 aromatic rings. The highest BCUT2D eigenvalue weighted by Gasteiger charge is 2.16. The summed E-state index contributed by atoms with van der Waals surface area (Å²) in [6.07, 6.45) is 2.47.